The van der Waals surface area contributed by atoms with Crippen molar-refractivity contribution < 1.29 is 18.3 Å². The number of methoxy groups -OCH3 is 1. The topological polar surface area (TPSA) is 35.1 Å². The number of nitrogens with zero attached hydrogens (tertiary/aromatic N) is 3. The first-order valence-electron chi connectivity index (χ1n) is 23.4. The van der Waals surface area contributed by atoms with Gasteiger partial charge in [0.15, 0.2) is 28.4 Å². The van der Waals surface area contributed by atoms with Crippen LogP contribution >= 0.6 is 0 Å². The fourth-order valence-electron chi connectivity index (χ4n) is 10.6. The number of hydrogen-bond donors (Lipinski definition) is 0. The lowest BCUT2D eigenvalue weighted by Gasteiger charge is -2.32. The quantitative estimate of drug-likeness (QED) is 0.115. The van der Waals surface area contributed by atoms with E-state index in [4.69, 9.17) is 9.15 Å². The van der Waals surface area contributed by atoms with Crippen LogP contribution in [0.2, 0.25) is 0 Å². The molecule has 0 aliphatic heterocycles. The smallest absolute Gasteiger partial charge is 0.294 e. The van der Waals surface area contributed by atoms with Crippen molar-refractivity contribution in [3.8, 4) is 33.6 Å². The van der Waals surface area contributed by atoms with Crippen LogP contribution < -0.4 is 9.13 Å². The average Bonchev–Trinajstić information content (AvgIpc) is 3.85. The second-order valence-electron chi connectivity index (χ2n) is 18.6. The van der Waals surface area contributed by atoms with Gasteiger partial charge >= 0.3 is 0 Å². The van der Waals surface area contributed by atoms with Crippen molar-refractivity contribution in [2.75, 3.05) is 7.11 Å². The molecule has 7 aromatic carbocycles. The highest BCUT2D eigenvalue weighted by molar-refractivity contribution is 6.10. The number of pyridine rings is 1. The van der Waals surface area contributed by atoms with E-state index in [0.717, 1.165) is 50.1 Å². The first-order chi connectivity index (χ1) is 32.1. The molecule has 1 unspecified atom stereocenters. The lowest BCUT2D eigenvalue weighted by Crippen LogP contribution is -2.46. The zero-order valence-electron chi connectivity index (χ0n) is 39.5. The van der Waals surface area contributed by atoms with Gasteiger partial charge in [0.1, 0.15) is 24.7 Å². The lowest BCUT2D eigenvalue weighted by atomic mass is 9.80. The Hall–Kier alpha value is -7.08. The van der Waals surface area contributed by atoms with Gasteiger partial charge in [0.25, 0.3) is 5.82 Å². The minimum atomic E-state index is -0.839. The molecule has 0 fully saturated rings. The van der Waals surface area contributed by atoms with Crippen LogP contribution in [-0.4, -0.2) is 11.7 Å². The number of furan rings is 1. The maximum Gasteiger partial charge on any atom is 0.294 e. The minimum Gasteiger partial charge on any atom is -0.455 e. The van der Waals surface area contributed by atoms with Gasteiger partial charge in [0.2, 0.25) is 5.69 Å². The monoisotopic (exact) mass is 865 g/mol. The molecule has 3 aromatic heterocycles. The van der Waals surface area contributed by atoms with Crippen LogP contribution in [0.25, 0.3) is 66.6 Å². The van der Waals surface area contributed by atoms with Crippen molar-refractivity contribution in [1.82, 2.24) is 4.57 Å². The van der Waals surface area contributed by atoms with Crippen molar-refractivity contribution in [3.05, 3.63) is 215 Å². The molecule has 10 aromatic rings. The SMILES string of the molecule is COC(Cc1cc2c(oc3ccccc32)c(-c2n(Cc3c(C(C)C)cc(-c4ccccc4)cc3C(C)C)c3ccccc3[n+]2C)c1C)(c1ccc(-c2ccccc2)cc1)c1cccc[n+]1C. The van der Waals surface area contributed by atoms with Gasteiger partial charge < -0.3 is 9.15 Å². The summed E-state index contributed by atoms with van der Waals surface area (Å²) in [6.45, 7) is 12.3. The number of rotatable bonds is 12. The molecule has 5 heteroatoms. The molecule has 328 valence electrons. The maximum absolute atomic E-state index is 7.06. The van der Waals surface area contributed by atoms with Crippen molar-refractivity contribution in [2.24, 2.45) is 14.1 Å². The van der Waals surface area contributed by atoms with Crippen LogP contribution in [0.4, 0.5) is 0 Å². The summed E-state index contributed by atoms with van der Waals surface area (Å²) in [4.78, 5) is 0. The van der Waals surface area contributed by atoms with E-state index < -0.39 is 5.60 Å². The molecular formula is C61H59N3O2+2. The molecule has 0 spiro atoms. The normalized spacial score (nSPS) is 12.8. The van der Waals surface area contributed by atoms with Gasteiger partial charge in [-0.25, -0.2) is 13.7 Å². The highest BCUT2D eigenvalue weighted by Gasteiger charge is 2.43. The number of hydrogen-bond acceptors (Lipinski definition) is 2. The van der Waals surface area contributed by atoms with Gasteiger partial charge in [-0.15, -0.1) is 0 Å². The molecule has 0 aliphatic carbocycles. The summed E-state index contributed by atoms with van der Waals surface area (Å²) < 4.78 is 21.2. The van der Waals surface area contributed by atoms with Crippen molar-refractivity contribution in [2.45, 2.75) is 65.0 Å². The Labute approximate surface area is 389 Å². The molecular weight excluding hydrogens is 807 g/mol. The average molecular weight is 866 g/mol. The number of ether oxygens (including phenoxy) is 1. The molecule has 1 atom stereocenters. The van der Waals surface area contributed by atoms with Crippen LogP contribution in [0.3, 0.4) is 0 Å². The molecule has 66 heavy (non-hydrogen) atoms. The van der Waals surface area contributed by atoms with Crippen molar-refractivity contribution >= 4 is 33.0 Å². The standard InChI is InChI=1S/C61H59N3O2/c1-40(2)50-35-46(44-23-13-10-14-24-44)36-51(41(3)4)53(50)39-64-55-27-17-16-26-54(55)63(7)60(64)58-42(5)47(37-52-49-25-15-18-28-56(49)66-59(52)58)38-61(65-8,57-29-19-20-34-62(57)6)48-32-30-45(31-33-48)43-21-11-9-12-22-43/h9-37,40-41H,38-39H2,1-8H3/q+2. The van der Waals surface area contributed by atoms with Crippen LogP contribution in [0.1, 0.15) is 78.6 Å². The molecule has 0 saturated heterocycles. The number of benzene rings is 7. The van der Waals surface area contributed by atoms with E-state index in [1.807, 2.05) is 7.11 Å². The molecule has 10 rings (SSSR count). The summed E-state index contributed by atoms with van der Waals surface area (Å²) in [5.41, 5.74) is 17.9. The van der Waals surface area contributed by atoms with Crippen molar-refractivity contribution in [3.63, 3.8) is 0 Å². The number of para-hydroxylation sites is 3. The van der Waals surface area contributed by atoms with Crippen LogP contribution in [0.5, 0.6) is 0 Å². The largest absolute Gasteiger partial charge is 0.455 e. The summed E-state index contributed by atoms with van der Waals surface area (Å²) in [7, 11) is 6.20. The third kappa shape index (κ3) is 7.32. The second-order valence-corrected chi connectivity index (χ2v) is 18.6. The Morgan fingerprint density at radius 2 is 1.21 bits per heavy atom. The first kappa shape index (κ1) is 42.8. The third-order valence-corrected chi connectivity index (χ3v) is 14.1. The van der Waals surface area contributed by atoms with E-state index in [1.54, 1.807) is 0 Å². The molecule has 3 heterocycles. The van der Waals surface area contributed by atoms with Gasteiger partial charge in [0.05, 0.1) is 7.05 Å². The number of aromatic nitrogens is 3. The first-order valence-corrected chi connectivity index (χ1v) is 23.4. The Kier molecular flexibility index (Phi) is 11.3. The number of imidazole rings is 1. The van der Waals surface area contributed by atoms with Gasteiger partial charge in [-0.05, 0) is 99.2 Å². The van der Waals surface area contributed by atoms with Crippen molar-refractivity contribution in [1.29, 1.82) is 0 Å². The molecule has 0 N–H and O–H groups in total. The van der Waals surface area contributed by atoms with Gasteiger partial charge in [0, 0.05) is 42.0 Å². The fourth-order valence-corrected chi connectivity index (χ4v) is 10.6. The summed E-state index contributed by atoms with van der Waals surface area (Å²) >= 11 is 0. The number of aryl methyl sites for hydroxylation is 2. The summed E-state index contributed by atoms with van der Waals surface area (Å²) in [6, 6.07) is 61.4. The molecule has 0 aliphatic rings. The van der Waals surface area contributed by atoms with Gasteiger partial charge in [-0.3, -0.25) is 0 Å². The zero-order valence-corrected chi connectivity index (χ0v) is 39.5. The number of fused-ring (bicyclic) bond motifs is 4. The zero-order chi connectivity index (χ0) is 45.7. The van der Waals surface area contributed by atoms with E-state index >= 15 is 0 Å². The summed E-state index contributed by atoms with van der Waals surface area (Å²) in [6.07, 6.45) is 2.70. The highest BCUT2D eigenvalue weighted by Crippen LogP contribution is 2.44. The van der Waals surface area contributed by atoms with E-state index in [0.29, 0.717) is 24.8 Å². The summed E-state index contributed by atoms with van der Waals surface area (Å²) in [5.74, 6) is 1.74. The molecule has 0 amide bonds. The van der Waals surface area contributed by atoms with E-state index in [-0.39, 0.29) is 0 Å². The van der Waals surface area contributed by atoms with E-state index in [1.165, 1.54) is 55.5 Å². The van der Waals surface area contributed by atoms with Gasteiger partial charge in [-0.2, -0.15) is 0 Å². The molecule has 5 nitrogen and oxygen atoms in total. The van der Waals surface area contributed by atoms with E-state index in [2.05, 4.69) is 238 Å². The minimum absolute atomic E-state index is 0.315. The Morgan fingerprint density at radius 1 is 0.621 bits per heavy atom. The maximum atomic E-state index is 7.06. The third-order valence-electron chi connectivity index (χ3n) is 14.1. The molecule has 0 saturated carbocycles. The fraction of sp³-hybridized carbons (Fsp3) is 0.213. The molecule has 0 bridgehead atoms. The Morgan fingerprint density at radius 3 is 1.86 bits per heavy atom. The lowest BCUT2D eigenvalue weighted by molar-refractivity contribution is -0.685. The van der Waals surface area contributed by atoms with E-state index in [9.17, 15) is 0 Å². The second kappa shape index (κ2) is 17.4. The van der Waals surface area contributed by atoms with Crippen LogP contribution in [0.15, 0.2) is 180 Å². The van der Waals surface area contributed by atoms with Gasteiger partial charge in [-0.1, -0.05) is 155 Å². The highest BCUT2D eigenvalue weighted by atomic mass is 16.5. The van der Waals surface area contributed by atoms with Crippen LogP contribution in [0, 0.1) is 6.92 Å². The Balaban J connectivity index is 1.23. The summed E-state index contributed by atoms with van der Waals surface area (Å²) in [5, 5.41) is 2.19. The predicted molar refractivity (Wildman–Crippen MR) is 271 cm³/mol. The predicted octanol–water partition coefficient (Wildman–Crippen LogP) is 13.9. The molecule has 0 radical (unpaired) electrons. The van der Waals surface area contributed by atoms with Crippen LogP contribution in [-0.2, 0) is 37.4 Å². The Bertz CT molecular complexity index is 3350.